The molecule has 0 aliphatic carbocycles. The molecule has 0 saturated heterocycles. The van der Waals surface area contributed by atoms with Crippen molar-refractivity contribution in [2.45, 2.75) is 5.92 Å². The summed E-state index contributed by atoms with van der Waals surface area (Å²) >= 11 is 0. The average molecular weight is 403 g/mol. The Hall–Kier alpha value is -4.11. The first-order valence-corrected chi connectivity index (χ1v) is 10.2. The molecule has 3 heteroatoms. The number of rotatable bonds is 4. The second kappa shape index (κ2) is 8.33. The second-order valence-corrected chi connectivity index (χ2v) is 7.38. The van der Waals surface area contributed by atoms with Gasteiger partial charge in [-0.2, -0.15) is 0 Å². The molecule has 0 radical (unpaired) electrons. The zero-order chi connectivity index (χ0) is 21.0. The van der Waals surface area contributed by atoms with Gasteiger partial charge in [0.05, 0.1) is 0 Å². The molecule has 4 aromatic carbocycles. The maximum Gasteiger partial charge on any atom is 0.141 e. The first-order chi connectivity index (χ1) is 15.3. The number of aromatic hydroxyl groups is 1. The molecule has 31 heavy (non-hydrogen) atoms. The number of para-hydroxylation sites is 3. The van der Waals surface area contributed by atoms with E-state index in [4.69, 9.17) is 4.74 Å². The molecule has 0 aromatic heterocycles. The van der Waals surface area contributed by atoms with E-state index >= 15 is 0 Å². The van der Waals surface area contributed by atoms with Crippen molar-refractivity contribution < 1.29 is 9.84 Å². The SMILES string of the molecule is Oc1ccccc1N=CC1=C(c2ccccc2)Oc2ccccc2[C@H]1c1ccccc1. The van der Waals surface area contributed by atoms with Gasteiger partial charge in [0.15, 0.2) is 0 Å². The molecule has 1 atom stereocenters. The van der Waals surface area contributed by atoms with Crippen LogP contribution in [0.2, 0.25) is 0 Å². The van der Waals surface area contributed by atoms with Crippen LogP contribution in [0.1, 0.15) is 22.6 Å². The smallest absolute Gasteiger partial charge is 0.141 e. The first kappa shape index (κ1) is 18.9. The Balaban J connectivity index is 1.74. The van der Waals surface area contributed by atoms with Crippen molar-refractivity contribution in [1.29, 1.82) is 0 Å². The maximum absolute atomic E-state index is 10.2. The van der Waals surface area contributed by atoms with Crippen molar-refractivity contribution in [1.82, 2.24) is 0 Å². The van der Waals surface area contributed by atoms with Gasteiger partial charge in [-0.1, -0.05) is 91.0 Å². The van der Waals surface area contributed by atoms with Crippen LogP contribution >= 0.6 is 0 Å². The summed E-state index contributed by atoms with van der Waals surface area (Å²) in [5, 5.41) is 10.2. The Labute approximate surface area is 181 Å². The summed E-state index contributed by atoms with van der Waals surface area (Å²) in [7, 11) is 0. The Morgan fingerprint density at radius 2 is 1.35 bits per heavy atom. The van der Waals surface area contributed by atoms with Gasteiger partial charge in [-0.3, -0.25) is 4.99 Å². The highest BCUT2D eigenvalue weighted by Crippen LogP contribution is 2.45. The molecule has 150 valence electrons. The van der Waals surface area contributed by atoms with Gasteiger partial charge in [-0.15, -0.1) is 0 Å². The minimum atomic E-state index is -0.0454. The molecule has 0 spiro atoms. The molecule has 3 nitrogen and oxygen atoms in total. The van der Waals surface area contributed by atoms with Crippen molar-refractivity contribution in [3.05, 3.63) is 131 Å². The Bertz CT molecular complexity index is 1260. The van der Waals surface area contributed by atoms with Gasteiger partial charge in [0.25, 0.3) is 0 Å². The number of phenolic OH excluding ortho intramolecular Hbond substituents is 1. The molecule has 1 N–H and O–H groups in total. The minimum Gasteiger partial charge on any atom is -0.506 e. The fraction of sp³-hybridized carbons (Fsp3) is 0.0357. The summed E-state index contributed by atoms with van der Waals surface area (Å²) in [6, 6.07) is 35.7. The van der Waals surface area contributed by atoms with Gasteiger partial charge < -0.3 is 9.84 Å². The number of phenols is 1. The van der Waals surface area contributed by atoms with Crippen molar-refractivity contribution >= 4 is 17.7 Å². The van der Waals surface area contributed by atoms with Crippen LogP contribution in [0.15, 0.2) is 120 Å². The third kappa shape index (κ3) is 3.74. The van der Waals surface area contributed by atoms with Crippen molar-refractivity contribution in [2.75, 3.05) is 0 Å². The van der Waals surface area contributed by atoms with Crippen molar-refractivity contribution in [3.8, 4) is 11.5 Å². The third-order valence-electron chi connectivity index (χ3n) is 5.41. The monoisotopic (exact) mass is 403 g/mol. The lowest BCUT2D eigenvalue weighted by Gasteiger charge is -2.30. The van der Waals surface area contributed by atoms with Crippen LogP contribution in [0.4, 0.5) is 5.69 Å². The van der Waals surface area contributed by atoms with E-state index in [-0.39, 0.29) is 11.7 Å². The molecule has 1 aliphatic rings. The summed E-state index contributed by atoms with van der Waals surface area (Å²) in [5.74, 6) is 1.71. The van der Waals surface area contributed by atoms with Gasteiger partial charge in [0.2, 0.25) is 0 Å². The van der Waals surface area contributed by atoms with E-state index in [1.165, 1.54) is 0 Å². The Morgan fingerprint density at radius 1 is 0.710 bits per heavy atom. The van der Waals surface area contributed by atoms with E-state index in [9.17, 15) is 5.11 Å². The molecule has 0 bridgehead atoms. The molecule has 1 aliphatic heterocycles. The summed E-state index contributed by atoms with van der Waals surface area (Å²) in [6.07, 6.45) is 1.82. The molecule has 0 amide bonds. The minimum absolute atomic E-state index is 0.0454. The highest BCUT2D eigenvalue weighted by molar-refractivity contribution is 5.95. The highest BCUT2D eigenvalue weighted by atomic mass is 16.5. The van der Waals surface area contributed by atoms with Crippen LogP contribution in [0, 0.1) is 0 Å². The van der Waals surface area contributed by atoms with E-state index in [1.807, 2.05) is 79.0 Å². The molecule has 4 aromatic rings. The summed E-state index contributed by atoms with van der Waals surface area (Å²) < 4.78 is 6.43. The summed E-state index contributed by atoms with van der Waals surface area (Å²) in [4.78, 5) is 4.64. The normalized spacial score (nSPS) is 15.5. The van der Waals surface area contributed by atoms with Crippen LogP contribution in [0.5, 0.6) is 11.5 Å². The number of allylic oxidation sites excluding steroid dienone is 1. The lowest BCUT2D eigenvalue weighted by Crippen LogP contribution is -2.17. The third-order valence-corrected chi connectivity index (χ3v) is 5.41. The largest absolute Gasteiger partial charge is 0.506 e. The summed E-state index contributed by atoms with van der Waals surface area (Å²) in [5.41, 5.74) is 4.70. The van der Waals surface area contributed by atoms with Crippen LogP contribution in [-0.2, 0) is 0 Å². The number of ether oxygens (including phenoxy) is 1. The average Bonchev–Trinajstić information content (AvgIpc) is 2.84. The highest BCUT2D eigenvalue weighted by Gasteiger charge is 2.30. The lowest BCUT2D eigenvalue weighted by atomic mass is 9.81. The van der Waals surface area contributed by atoms with Crippen LogP contribution in [0.3, 0.4) is 0 Å². The molecule has 5 rings (SSSR count). The fourth-order valence-electron chi connectivity index (χ4n) is 3.94. The predicted molar refractivity (Wildman–Crippen MR) is 125 cm³/mol. The van der Waals surface area contributed by atoms with E-state index in [2.05, 4.69) is 23.2 Å². The molecule has 1 heterocycles. The summed E-state index contributed by atoms with van der Waals surface area (Å²) in [6.45, 7) is 0. The number of hydrogen-bond acceptors (Lipinski definition) is 3. The zero-order valence-electron chi connectivity index (χ0n) is 16.8. The predicted octanol–water partition coefficient (Wildman–Crippen LogP) is 6.73. The van der Waals surface area contributed by atoms with Crippen LogP contribution in [-0.4, -0.2) is 11.3 Å². The van der Waals surface area contributed by atoms with E-state index in [0.29, 0.717) is 5.69 Å². The molecule has 0 fully saturated rings. The van der Waals surface area contributed by atoms with E-state index in [0.717, 1.165) is 33.8 Å². The van der Waals surface area contributed by atoms with E-state index < -0.39 is 0 Å². The van der Waals surface area contributed by atoms with Gasteiger partial charge in [-0.25, -0.2) is 0 Å². The number of aliphatic imine (C=N–C) groups is 1. The van der Waals surface area contributed by atoms with Crippen molar-refractivity contribution in [3.63, 3.8) is 0 Å². The van der Waals surface area contributed by atoms with Crippen LogP contribution in [0.25, 0.3) is 5.76 Å². The van der Waals surface area contributed by atoms with Gasteiger partial charge in [0.1, 0.15) is 22.9 Å². The quantitative estimate of drug-likeness (QED) is 0.384. The van der Waals surface area contributed by atoms with Gasteiger partial charge in [-0.05, 0) is 23.8 Å². The standard InChI is InChI=1S/C28H21NO2/c30-25-17-9-8-16-24(25)29-19-23-27(20-11-3-1-4-12-20)22-15-7-10-18-26(22)31-28(23)21-13-5-2-6-14-21/h1-19,27,30H/t27-/m1/s1. The Kier molecular flexibility index (Phi) is 5.07. The fourth-order valence-corrected chi connectivity index (χ4v) is 3.94. The zero-order valence-corrected chi connectivity index (χ0v) is 16.8. The second-order valence-electron chi connectivity index (χ2n) is 7.38. The number of benzene rings is 4. The van der Waals surface area contributed by atoms with Crippen LogP contribution < -0.4 is 4.74 Å². The van der Waals surface area contributed by atoms with Crippen molar-refractivity contribution in [2.24, 2.45) is 4.99 Å². The Morgan fingerprint density at radius 3 is 2.13 bits per heavy atom. The lowest BCUT2D eigenvalue weighted by molar-refractivity contribution is 0.477. The van der Waals surface area contributed by atoms with Gasteiger partial charge in [0, 0.05) is 28.8 Å². The number of fused-ring (bicyclic) bond motifs is 1. The molecule has 0 saturated carbocycles. The molecular formula is C28H21NO2. The topological polar surface area (TPSA) is 41.8 Å². The van der Waals surface area contributed by atoms with E-state index in [1.54, 1.807) is 18.2 Å². The molecule has 0 unspecified atom stereocenters. The number of hydrogen-bond donors (Lipinski definition) is 1. The van der Waals surface area contributed by atoms with Gasteiger partial charge >= 0.3 is 0 Å². The number of nitrogens with zero attached hydrogens (tertiary/aromatic N) is 1. The first-order valence-electron chi connectivity index (χ1n) is 10.2. The maximum atomic E-state index is 10.2. The molecular weight excluding hydrogens is 382 g/mol.